The SMILES string of the molecule is CC1(C)C=CC2=C1N(c1ccc3ccccc3c1)c1ccc3c(ccn3-c3ccccn3)c1-c1cc3ccn(-c4ccccn4)c3cc12. The summed E-state index contributed by atoms with van der Waals surface area (Å²) in [4.78, 5) is 11.9. The molecular weight excluding hydrogens is 587 g/mol. The summed E-state index contributed by atoms with van der Waals surface area (Å²) in [5.41, 5.74) is 10.5. The van der Waals surface area contributed by atoms with Crippen LogP contribution < -0.4 is 4.90 Å². The molecule has 0 spiro atoms. The van der Waals surface area contributed by atoms with Crippen LogP contribution in [0.4, 0.5) is 11.4 Å². The fourth-order valence-corrected chi connectivity index (χ4v) is 7.81. The topological polar surface area (TPSA) is 38.9 Å². The van der Waals surface area contributed by atoms with E-state index in [2.05, 4.69) is 143 Å². The standard InChI is InChI=1S/C43H31N5/c1-43(2)20-17-32-34-27-38-30(18-23-47(38)40-12-6-8-22-45-40)26-35(34)41-33-19-24-46(39-11-5-7-21-44-39)36(33)15-16-37(41)48(42(32)43)31-14-13-28-9-3-4-10-29(28)25-31/h3-27H,1-2H3. The summed E-state index contributed by atoms with van der Waals surface area (Å²) < 4.78 is 4.40. The Morgan fingerprint density at radius 2 is 1.31 bits per heavy atom. The molecule has 5 heteroatoms. The number of hydrogen-bond donors (Lipinski definition) is 0. The summed E-state index contributed by atoms with van der Waals surface area (Å²) >= 11 is 0. The van der Waals surface area contributed by atoms with Crippen LogP contribution in [0, 0.1) is 5.41 Å². The molecule has 5 heterocycles. The maximum absolute atomic E-state index is 4.70. The number of rotatable bonds is 3. The number of aromatic nitrogens is 4. The molecule has 0 atom stereocenters. The predicted molar refractivity (Wildman–Crippen MR) is 197 cm³/mol. The molecule has 0 fully saturated rings. The minimum atomic E-state index is -0.216. The molecule has 10 rings (SSSR count). The fraction of sp³-hybridized carbons (Fsp3) is 0.0698. The van der Waals surface area contributed by atoms with Crippen molar-refractivity contribution < 1.29 is 0 Å². The molecule has 5 nitrogen and oxygen atoms in total. The van der Waals surface area contributed by atoms with E-state index in [9.17, 15) is 0 Å². The van der Waals surface area contributed by atoms with Crippen molar-refractivity contribution in [2.45, 2.75) is 13.8 Å². The molecular formula is C43H31N5. The van der Waals surface area contributed by atoms with E-state index < -0.39 is 0 Å². The molecule has 48 heavy (non-hydrogen) atoms. The lowest BCUT2D eigenvalue weighted by molar-refractivity contribution is 0.580. The summed E-state index contributed by atoms with van der Waals surface area (Å²) in [5, 5.41) is 4.82. The highest BCUT2D eigenvalue weighted by Gasteiger charge is 2.39. The quantitative estimate of drug-likeness (QED) is 0.198. The number of benzene rings is 4. The summed E-state index contributed by atoms with van der Waals surface area (Å²) in [7, 11) is 0. The number of hydrogen-bond acceptors (Lipinski definition) is 3. The summed E-state index contributed by atoms with van der Waals surface area (Å²) in [5.74, 6) is 1.81. The zero-order chi connectivity index (χ0) is 32.0. The summed E-state index contributed by atoms with van der Waals surface area (Å²) in [6.07, 6.45) is 12.7. The maximum Gasteiger partial charge on any atom is 0.137 e. The minimum absolute atomic E-state index is 0.216. The van der Waals surface area contributed by atoms with Gasteiger partial charge in [0.05, 0.1) is 16.7 Å². The van der Waals surface area contributed by atoms with E-state index >= 15 is 0 Å². The normalized spacial score (nSPS) is 14.8. The van der Waals surface area contributed by atoms with Crippen molar-refractivity contribution in [1.29, 1.82) is 0 Å². The average Bonchev–Trinajstić information content (AvgIpc) is 3.81. The minimum Gasteiger partial charge on any atom is -0.312 e. The van der Waals surface area contributed by atoms with Crippen molar-refractivity contribution >= 4 is 49.5 Å². The molecule has 0 radical (unpaired) electrons. The molecule has 0 bridgehead atoms. The highest BCUT2D eigenvalue weighted by molar-refractivity contribution is 6.12. The van der Waals surface area contributed by atoms with Crippen LogP contribution in [0.5, 0.6) is 0 Å². The van der Waals surface area contributed by atoms with Gasteiger partial charge in [0.2, 0.25) is 0 Å². The summed E-state index contributed by atoms with van der Waals surface area (Å²) in [6.45, 7) is 4.66. The number of pyridine rings is 2. The number of fused-ring (bicyclic) bond motifs is 8. The predicted octanol–water partition coefficient (Wildman–Crippen LogP) is 10.6. The third kappa shape index (κ3) is 3.85. The van der Waals surface area contributed by atoms with Crippen LogP contribution in [0.15, 0.2) is 158 Å². The Morgan fingerprint density at radius 3 is 2.08 bits per heavy atom. The van der Waals surface area contributed by atoms with Gasteiger partial charge in [0.15, 0.2) is 0 Å². The van der Waals surface area contributed by atoms with Crippen LogP contribution in [0.1, 0.15) is 19.4 Å². The molecule has 2 aliphatic rings. The molecule has 8 aromatic rings. The van der Waals surface area contributed by atoms with Crippen molar-refractivity contribution in [2.75, 3.05) is 4.90 Å². The zero-order valence-electron chi connectivity index (χ0n) is 26.7. The molecule has 0 unspecified atom stereocenters. The molecule has 4 aromatic heterocycles. The van der Waals surface area contributed by atoms with Crippen molar-refractivity contribution in [1.82, 2.24) is 19.1 Å². The second kappa shape index (κ2) is 9.90. The largest absolute Gasteiger partial charge is 0.312 e. The first-order chi connectivity index (χ1) is 23.5. The number of anilines is 2. The van der Waals surface area contributed by atoms with Gasteiger partial charge >= 0.3 is 0 Å². The van der Waals surface area contributed by atoms with Gasteiger partial charge in [-0.1, -0.05) is 68.5 Å². The Bertz CT molecular complexity index is 2640. The van der Waals surface area contributed by atoms with Crippen molar-refractivity contribution in [3.8, 4) is 22.8 Å². The van der Waals surface area contributed by atoms with Gasteiger partial charge in [0.1, 0.15) is 11.6 Å². The van der Waals surface area contributed by atoms with Crippen molar-refractivity contribution in [3.63, 3.8) is 0 Å². The van der Waals surface area contributed by atoms with Crippen LogP contribution in [-0.4, -0.2) is 19.1 Å². The Morgan fingerprint density at radius 1 is 0.583 bits per heavy atom. The van der Waals surface area contributed by atoms with Crippen LogP contribution in [0.3, 0.4) is 0 Å². The monoisotopic (exact) mass is 617 g/mol. The number of allylic oxidation sites excluding steroid dienone is 3. The van der Waals surface area contributed by atoms with Gasteiger partial charge in [-0.25, -0.2) is 9.97 Å². The number of nitrogens with zero attached hydrogens (tertiary/aromatic N) is 5. The third-order valence-electron chi connectivity index (χ3n) is 10.0. The van der Waals surface area contributed by atoms with E-state index in [-0.39, 0.29) is 5.41 Å². The molecule has 4 aromatic carbocycles. The Kier molecular flexibility index (Phi) is 5.56. The van der Waals surface area contributed by atoms with E-state index in [1.807, 2.05) is 36.7 Å². The van der Waals surface area contributed by atoms with E-state index in [1.54, 1.807) is 0 Å². The third-order valence-corrected chi connectivity index (χ3v) is 10.0. The van der Waals surface area contributed by atoms with E-state index in [0.29, 0.717) is 0 Å². The Balaban J connectivity index is 1.33. The van der Waals surface area contributed by atoms with Crippen molar-refractivity contribution in [2.24, 2.45) is 5.41 Å². The van der Waals surface area contributed by atoms with Crippen LogP contribution in [0.25, 0.3) is 60.9 Å². The van der Waals surface area contributed by atoms with Gasteiger partial charge in [0, 0.05) is 63.5 Å². The molecule has 0 amide bonds. The lowest BCUT2D eigenvalue weighted by atomic mass is 9.88. The van der Waals surface area contributed by atoms with Crippen LogP contribution in [-0.2, 0) is 0 Å². The molecule has 0 N–H and O–H groups in total. The van der Waals surface area contributed by atoms with Gasteiger partial charge in [-0.3, -0.25) is 0 Å². The lowest BCUT2D eigenvalue weighted by Crippen LogP contribution is -2.26. The highest BCUT2D eigenvalue weighted by atomic mass is 15.2. The first kappa shape index (κ1) is 27.0. The Labute approximate surface area is 278 Å². The fourth-order valence-electron chi connectivity index (χ4n) is 7.81. The lowest BCUT2D eigenvalue weighted by Gasteiger charge is -2.35. The zero-order valence-corrected chi connectivity index (χ0v) is 26.7. The molecule has 1 aliphatic heterocycles. The first-order valence-corrected chi connectivity index (χ1v) is 16.4. The van der Waals surface area contributed by atoms with E-state index in [4.69, 9.17) is 9.97 Å². The average molecular weight is 618 g/mol. The molecule has 0 saturated carbocycles. The van der Waals surface area contributed by atoms with E-state index in [0.717, 1.165) is 28.4 Å². The van der Waals surface area contributed by atoms with Gasteiger partial charge < -0.3 is 14.0 Å². The van der Waals surface area contributed by atoms with Crippen LogP contribution >= 0.6 is 0 Å². The van der Waals surface area contributed by atoms with Gasteiger partial charge in [0.25, 0.3) is 0 Å². The van der Waals surface area contributed by atoms with Gasteiger partial charge in [-0.15, -0.1) is 0 Å². The summed E-state index contributed by atoms with van der Waals surface area (Å²) in [6, 6.07) is 41.4. The first-order valence-electron chi connectivity index (χ1n) is 16.4. The highest BCUT2D eigenvalue weighted by Crippen LogP contribution is 2.56. The Hall–Kier alpha value is -6.20. The van der Waals surface area contributed by atoms with Gasteiger partial charge in [-0.2, -0.15) is 0 Å². The van der Waals surface area contributed by atoms with Gasteiger partial charge in [-0.05, 0) is 94.7 Å². The molecule has 1 aliphatic carbocycles. The maximum atomic E-state index is 4.70. The van der Waals surface area contributed by atoms with Crippen molar-refractivity contribution in [3.05, 3.63) is 163 Å². The molecule has 228 valence electrons. The molecule has 0 saturated heterocycles. The second-order valence-corrected chi connectivity index (χ2v) is 13.3. The second-order valence-electron chi connectivity index (χ2n) is 13.3. The van der Waals surface area contributed by atoms with Crippen LogP contribution in [0.2, 0.25) is 0 Å². The van der Waals surface area contributed by atoms with E-state index in [1.165, 1.54) is 55.2 Å². The smallest absolute Gasteiger partial charge is 0.137 e.